The smallest absolute Gasteiger partial charge is 0.0303 e. The van der Waals surface area contributed by atoms with Crippen LogP contribution in [0.15, 0.2) is 19.2 Å². The fourth-order valence-electron chi connectivity index (χ4n) is 4.15. The SMILES string of the molecule is C=Cc1c(C(C)CC(C)(C)C)cc2c(c1C=C)C(C)CC2N. The summed E-state index contributed by atoms with van der Waals surface area (Å²) in [6.45, 7) is 19.6. The molecule has 3 atom stereocenters. The first-order chi connectivity index (χ1) is 10.2. The van der Waals surface area contributed by atoms with E-state index in [9.17, 15) is 0 Å². The molecule has 0 amide bonds. The third-order valence-corrected chi connectivity index (χ3v) is 4.87. The number of fused-ring (bicyclic) bond motifs is 1. The van der Waals surface area contributed by atoms with Crippen molar-refractivity contribution >= 4 is 12.2 Å². The van der Waals surface area contributed by atoms with Gasteiger partial charge in [0.25, 0.3) is 0 Å². The summed E-state index contributed by atoms with van der Waals surface area (Å²) in [7, 11) is 0. The molecule has 3 unspecified atom stereocenters. The molecule has 0 heterocycles. The molecule has 2 rings (SSSR count). The zero-order chi connectivity index (χ0) is 16.7. The lowest BCUT2D eigenvalue weighted by Crippen LogP contribution is -2.13. The first-order valence-corrected chi connectivity index (χ1v) is 8.40. The minimum Gasteiger partial charge on any atom is -0.324 e. The highest BCUT2D eigenvalue weighted by Crippen LogP contribution is 2.45. The topological polar surface area (TPSA) is 26.0 Å². The van der Waals surface area contributed by atoms with Gasteiger partial charge in [-0.1, -0.05) is 66.0 Å². The second-order valence-electron chi connectivity index (χ2n) is 8.11. The fourth-order valence-corrected chi connectivity index (χ4v) is 4.15. The zero-order valence-corrected chi connectivity index (χ0v) is 14.9. The van der Waals surface area contributed by atoms with Gasteiger partial charge in [-0.2, -0.15) is 0 Å². The normalized spacial score (nSPS) is 22.3. The summed E-state index contributed by atoms with van der Waals surface area (Å²) in [5.74, 6) is 0.990. The van der Waals surface area contributed by atoms with Crippen LogP contribution < -0.4 is 5.73 Å². The van der Waals surface area contributed by atoms with Crippen molar-refractivity contribution in [3.63, 3.8) is 0 Å². The molecular formula is C21H31N. The molecule has 1 aromatic carbocycles. The summed E-state index contributed by atoms with van der Waals surface area (Å²) in [6, 6.07) is 2.51. The van der Waals surface area contributed by atoms with E-state index in [0.29, 0.717) is 17.3 Å². The average molecular weight is 297 g/mol. The van der Waals surface area contributed by atoms with Crippen LogP contribution in [0.25, 0.3) is 12.2 Å². The van der Waals surface area contributed by atoms with Gasteiger partial charge in [0.05, 0.1) is 0 Å². The van der Waals surface area contributed by atoms with Crippen LogP contribution in [0.1, 0.15) is 93.2 Å². The summed E-state index contributed by atoms with van der Waals surface area (Å²) >= 11 is 0. The Kier molecular flexibility index (Phi) is 4.67. The Hall–Kier alpha value is -1.34. The summed E-state index contributed by atoms with van der Waals surface area (Å²) in [6.07, 6.45) is 6.18. The Balaban J connectivity index is 2.63. The van der Waals surface area contributed by atoms with Crippen LogP contribution >= 0.6 is 0 Å². The van der Waals surface area contributed by atoms with Crippen LogP contribution in [0.5, 0.6) is 0 Å². The van der Waals surface area contributed by atoms with Crippen molar-refractivity contribution in [3.05, 3.63) is 47.0 Å². The van der Waals surface area contributed by atoms with E-state index in [1.165, 1.54) is 27.8 Å². The molecule has 0 bridgehead atoms. The Morgan fingerprint density at radius 3 is 2.36 bits per heavy atom. The lowest BCUT2D eigenvalue weighted by Gasteiger charge is -2.27. The van der Waals surface area contributed by atoms with Gasteiger partial charge in [-0.05, 0) is 57.9 Å². The van der Waals surface area contributed by atoms with Crippen LogP contribution in [0.3, 0.4) is 0 Å². The fraction of sp³-hybridized carbons (Fsp3) is 0.524. The van der Waals surface area contributed by atoms with E-state index in [1.807, 2.05) is 12.2 Å². The molecular weight excluding hydrogens is 266 g/mol. The van der Waals surface area contributed by atoms with Gasteiger partial charge in [0, 0.05) is 6.04 Å². The van der Waals surface area contributed by atoms with Gasteiger partial charge in [-0.25, -0.2) is 0 Å². The van der Waals surface area contributed by atoms with Crippen LogP contribution in [-0.4, -0.2) is 0 Å². The minimum atomic E-state index is 0.156. The first-order valence-electron chi connectivity index (χ1n) is 8.40. The van der Waals surface area contributed by atoms with Crippen molar-refractivity contribution < 1.29 is 0 Å². The molecule has 0 radical (unpaired) electrons. The number of benzene rings is 1. The summed E-state index contributed by atoms with van der Waals surface area (Å²) < 4.78 is 0. The molecule has 1 heteroatoms. The highest BCUT2D eigenvalue weighted by Gasteiger charge is 2.31. The van der Waals surface area contributed by atoms with E-state index in [0.717, 1.165) is 12.8 Å². The molecule has 0 fully saturated rings. The Labute approximate surface area is 136 Å². The quantitative estimate of drug-likeness (QED) is 0.722. The molecule has 0 spiro atoms. The Morgan fingerprint density at radius 1 is 1.27 bits per heavy atom. The largest absolute Gasteiger partial charge is 0.324 e. The number of hydrogen-bond acceptors (Lipinski definition) is 1. The molecule has 1 aromatic rings. The first kappa shape index (κ1) is 17.0. The van der Waals surface area contributed by atoms with Crippen molar-refractivity contribution in [3.8, 4) is 0 Å². The lowest BCUT2D eigenvalue weighted by atomic mass is 9.78. The standard InChI is InChI=1S/C21H31N/c1-8-15-16(9-2)20-13(3)10-19(22)18(20)11-17(15)14(4)12-21(5,6)7/h8-9,11,13-14,19H,1-2,10,12,22H2,3-7H3. The number of hydrogen-bond donors (Lipinski definition) is 1. The summed E-state index contributed by atoms with van der Waals surface area (Å²) in [4.78, 5) is 0. The van der Waals surface area contributed by atoms with Crippen LogP contribution in [0, 0.1) is 5.41 Å². The maximum absolute atomic E-state index is 6.39. The molecule has 0 aromatic heterocycles. The highest BCUT2D eigenvalue weighted by atomic mass is 14.7. The van der Waals surface area contributed by atoms with Gasteiger partial charge in [0.1, 0.15) is 0 Å². The third-order valence-electron chi connectivity index (χ3n) is 4.87. The second-order valence-corrected chi connectivity index (χ2v) is 8.11. The van der Waals surface area contributed by atoms with E-state index in [2.05, 4.69) is 53.8 Å². The predicted molar refractivity (Wildman–Crippen MR) is 99.1 cm³/mol. The van der Waals surface area contributed by atoms with Gasteiger partial charge in [-0.3, -0.25) is 0 Å². The van der Waals surface area contributed by atoms with E-state index in [-0.39, 0.29) is 6.04 Å². The number of nitrogens with two attached hydrogens (primary N) is 1. The monoisotopic (exact) mass is 297 g/mol. The van der Waals surface area contributed by atoms with E-state index in [4.69, 9.17) is 5.73 Å². The molecule has 22 heavy (non-hydrogen) atoms. The van der Waals surface area contributed by atoms with Crippen molar-refractivity contribution in [2.24, 2.45) is 11.1 Å². The van der Waals surface area contributed by atoms with E-state index >= 15 is 0 Å². The maximum Gasteiger partial charge on any atom is 0.0303 e. The van der Waals surface area contributed by atoms with Gasteiger partial charge < -0.3 is 5.73 Å². The van der Waals surface area contributed by atoms with Crippen molar-refractivity contribution in [2.45, 2.75) is 65.3 Å². The molecule has 1 aliphatic rings. The van der Waals surface area contributed by atoms with Crippen molar-refractivity contribution in [1.29, 1.82) is 0 Å². The molecule has 120 valence electrons. The zero-order valence-electron chi connectivity index (χ0n) is 14.9. The molecule has 1 aliphatic carbocycles. The van der Waals surface area contributed by atoms with E-state index < -0.39 is 0 Å². The van der Waals surface area contributed by atoms with Crippen LogP contribution in [-0.2, 0) is 0 Å². The highest BCUT2D eigenvalue weighted by molar-refractivity contribution is 5.72. The van der Waals surface area contributed by atoms with Crippen LogP contribution in [0.4, 0.5) is 0 Å². The van der Waals surface area contributed by atoms with Gasteiger partial charge >= 0.3 is 0 Å². The minimum absolute atomic E-state index is 0.156. The molecule has 2 N–H and O–H groups in total. The predicted octanol–water partition coefficient (Wildman–Crippen LogP) is 6.02. The molecule has 1 nitrogen and oxygen atoms in total. The van der Waals surface area contributed by atoms with Crippen molar-refractivity contribution in [2.75, 3.05) is 0 Å². The Bertz CT molecular complexity index is 589. The van der Waals surface area contributed by atoms with Gasteiger partial charge in [-0.15, -0.1) is 0 Å². The summed E-state index contributed by atoms with van der Waals surface area (Å²) in [5.41, 5.74) is 13.3. The molecule has 0 aliphatic heterocycles. The van der Waals surface area contributed by atoms with Crippen LogP contribution in [0.2, 0.25) is 0 Å². The van der Waals surface area contributed by atoms with Gasteiger partial charge in [0.2, 0.25) is 0 Å². The third kappa shape index (κ3) is 3.05. The maximum atomic E-state index is 6.39. The lowest BCUT2D eigenvalue weighted by molar-refractivity contribution is 0.348. The second kappa shape index (κ2) is 6.04. The average Bonchev–Trinajstić information content (AvgIpc) is 2.69. The van der Waals surface area contributed by atoms with Gasteiger partial charge in [0.15, 0.2) is 0 Å². The Morgan fingerprint density at radius 2 is 1.86 bits per heavy atom. The number of rotatable bonds is 4. The molecule has 0 saturated heterocycles. The van der Waals surface area contributed by atoms with E-state index in [1.54, 1.807) is 0 Å². The molecule has 0 saturated carbocycles. The summed E-state index contributed by atoms with van der Waals surface area (Å²) in [5, 5.41) is 0. The van der Waals surface area contributed by atoms with Crippen molar-refractivity contribution in [1.82, 2.24) is 0 Å².